The van der Waals surface area contributed by atoms with Gasteiger partial charge >= 0.3 is 17.2 Å². The minimum Gasteiger partial charge on any atom is -0.748 e. The Kier molecular flexibility index (Phi) is 15.0. The summed E-state index contributed by atoms with van der Waals surface area (Å²) >= 11 is 3.94. The van der Waals surface area contributed by atoms with Crippen LogP contribution in [0.15, 0.2) is 90.3 Å². The van der Waals surface area contributed by atoms with Gasteiger partial charge in [-0.2, -0.15) is 4.21 Å². The van der Waals surface area contributed by atoms with Crippen molar-refractivity contribution in [2.75, 3.05) is 45.1 Å². The Morgan fingerprint density at radius 2 is 1.68 bits per heavy atom. The Bertz CT molecular complexity index is 1760. The van der Waals surface area contributed by atoms with Crippen molar-refractivity contribution in [1.82, 2.24) is 4.90 Å². The Hall–Kier alpha value is -3.11. The van der Waals surface area contributed by atoms with Gasteiger partial charge in [-0.15, -0.1) is 0 Å². The zero-order valence-corrected chi connectivity index (χ0v) is 31.3. The van der Waals surface area contributed by atoms with Crippen molar-refractivity contribution >= 4 is 44.5 Å². The molecule has 4 atom stereocenters. The molecule has 14 heteroatoms. The van der Waals surface area contributed by atoms with Gasteiger partial charge in [-0.1, -0.05) is 75.7 Å². The number of halogens is 1. The average Bonchev–Trinajstić information content (AvgIpc) is 3.62. The van der Waals surface area contributed by atoms with Crippen molar-refractivity contribution in [2.45, 2.75) is 46.8 Å². The van der Waals surface area contributed by atoms with Crippen LogP contribution >= 0.6 is 11.6 Å². The number of rotatable bonds is 15. The van der Waals surface area contributed by atoms with E-state index in [4.69, 9.17) is 29.8 Å². The van der Waals surface area contributed by atoms with Gasteiger partial charge < -0.3 is 18.9 Å². The molecule has 2 aliphatic rings. The number of quaternary nitrogens is 2. The van der Waals surface area contributed by atoms with E-state index < -0.39 is 33.5 Å². The molecule has 2 heterocycles. The fourth-order valence-corrected chi connectivity index (χ4v) is 6.80. The van der Waals surface area contributed by atoms with Gasteiger partial charge in [0.2, 0.25) is 0 Å². The maximum atomic E-state index is 11.6. The van der Waals surface area contributed by atoms with Gasteiger partial charge in [0.15, 0.2) is 22.9 Å². The highest BCUT2D eigenvalue weighted by atomic mass is 35.5. The molecule has 0 fully saturated rings. The Balaban J connectivity index is 0.000000727. The van der Waals surface area contributed by atoms with Crippen molar-refractivity contribution in [1.29, 1.82) is 0 Å². The Morgan fingerprint density at radius 3 is 2.30 bits per heavy atom. The predicted octanol–water partition coefficient (Wildman–Crippen LogP) is 4.47. The van der Waals surface area contributed by atoms with Crippen molar-refractivity contribution in [3.05, 3.63) is 95.4 Å². The molecule has 5 rings (SSSR count). The molecule has 3 aromatic carbocycles. The summed E-state index contributed by atoms with van der Waals surface area (Å²) in [5.74, 6) is 1.35. The van der Waals surface area contributed by atoms with E-state index >= 15 is 0 Å². The molecule has 11 nitrogen and oxygen atoms in total. The minimum absolute atomic E-state index is 0.0376. The average molecular weight is 749 g/mol. The largest absolute Gasteiger partial charge is 0.748 e. The molecule has 0 saturated carbocycles. The Labute approximate surface area is 303 Å². The van der Waals surface area contributed by atoms with Crippen LogP contribution in [0.3, 0.4) is 0 Å². The zero-order valence-electron chi connectivity index (χ0n) is 28.9. The van der Waals surface area contributed by atoms with Gasteiger partial charge in [0.05, 0.1) is 25.4 Å². The van der Waals surface area contributed by atoms with E-state index in [9.17, 15) is 17.2 Å². The van der Waals surface area contributed by atoms with E-state index in [2.05, 4.69) is 25.7 Å². The van der Waals surface area contributed by atoms with E-state index in [-0.39, 0.29) is 13.2 Å². The molecule has 0 aliphatic carbocycles. The molecule has 0 saturated heterocycles. The van der Waals surface area contributed by atoms with Gasteiger partial charge in [0, 0.05) is 35.7 Å². The van der Waals surface area contributed by atoms with Crippen molar-refractivity contribution in [2.24, 2.45) is 0 Å². The number of hydrogen-bond acceptors (Lipinski definition) is 8. The van der Waals surface area contributed by atoms with Crippen LogP contribution in [0.25, 0.3) is 11.1 Å². The highest BCUT2D eigenvalue weighted by molar-refractivity contribution is 7.85. The van der Waals surface area contributed by atoms with E-state index in [1.165, 1.54) is 19.6 Å². The first kappa shape index (κ1) is 39.7. The van der Waals surface area contributed by atoms with Crippen LogP contribution in [0.2, 0.25) is 5.02 Å². The van der Waals surface area contributed by atoms with Gasteiger partial charge in [-0.25, -0.2) is 13.3 Å². The molecule has 50 heavy (non-hydrogen) atoms. The first-order chi connectivity index (χ1) is 24.0. The van der Waals surface area contributed by atoms with Crippen LogP contribution in [-0.2, 0) is 25.7 Å². The quantitative estimate of drug-likeness (QED) is 0.117. The highest BCUT2D eigenvalue weighted by Gasteiger charge is 2.37. The van der Waals surface area contributed by atoms with E-state index in [0.29, 0.717) is 41.8 Å². The molecular formula is C36H47ClN3O8S2+. The summed E-state index contributed by atoms with van der Waals surface area (Å²) in [6.45, 7) is 12.8. The topological polar surface area (TPSA) is 134 Å². The van der Waals surface area contributed by atoms with Crippen molar-refractivity contribution in [3.8, 4) is 22.6 Å². The van der Waals surface area contributed by atoms with Gasteiger partial charge in [-0.3, -0.25) is 13.6 Å². The second-order valence-electron chi connectivity index (χ2n) is 11.7. The minimum atomic E-state index is -4.45. The number of benzene rings is 3. The maximum Gasteiger partial charge on any atom is 0.301 e. The molecule has 0 aromatic heterocycles. The van der Waals surface area contributed by atoms with E-state index in [1.807, 2.05) is 73.7 Å². The van der Waals surface area contributed by atoms with E-state index in [0.717, 1.165) is 37.9 Å². The van der Waals surface area contributed by atoms with Crippen LogP contribution in [0.4, 0.5) is 11.4 Å². The van der Waals surface area contributed by atoms with E-state index in [1.54, 1.807) is 12.1 Å². The zero-order chi connectivity index (χ0) is 36.3. The van der Waals surface area contributed by atoms with Crippen LogP contribution < -0.4 is 19.3 Å². The molecule has 0 bridgehead atoms. The number of ether oxygens (including phenoxy) is 2. The molecule has 4 unspecified atom stereocenters. The van der Waals surface area contributed by atoms with Crippen LogP contribution in [0.5, 0.6) is 11.5 Å². The molecule has 2 aliphatic heterocycles. The SMILES string of the molecule is CCC(=CC1Oc2ccc(-c3ccccc3)cc2[NH+]1CCS(=O)(=O)[O-])C=C1Oc2ccc(Cl)cc2[NH+]1CCCOS(=O)O.CCN(CC)CC. The molecule has 272 valence electrons. The van der Waals surface area contributed by atoms with Crippen molar-refractivity contribution in [3.63, 3.8) is 0 Å². The molecule has 3 N–H and O–H groups in total. The smallest absolute Gasteiger partial charge is 0.301 e. The summed E-state index contributed by atoms with van der Waals surface area (Å²) in [6, 6.07) is 21.0. The maximum absolute atomic E-state index is 11.6. The first-order valence-electron chi connectivity index (χ1n) is 16.8. The van der Waals surface area contributed by atoms with Crippen molar-refractivity contribution < 1.29 is 45.2 Å². The lowest BCUT2D eigenvalue weighted by molar-refractivity contribution is -0.859. The standard InChI is InChI=1S/C30H31ClN2O8S2.C6H15N/c1-2-21(17-29-32(13-6-15-39-42(34)35)26-20-24(31)10-12-28(26)41-29)18-30-33(14-16-43(36,37)38)25-19-23(9-11-27(25)40-30)22-7-4-3-5-8-22;1-4-7(5-2)6-3/h3-5,7-12,17-20,30H,2,6,13-16H2,1H3,(H,34,35)(H,36,37,38);4-6H2,1-3H3/p+1. The lowest BCUT2D eigenvalue weighted by atomic mass is 10.0. The second kappa shape index (κ2) is 18.9. The number of hydrogen-bond donors (Lipinski definition) is 3. The summed E-state index contributed by atoms with van der Waals surface area (Å²) < 4.78 is 72.0. The van der Waals surface area contributed by atoms with Crippen LogP contribution in [0.1, 0.15) is 40.5 Å². The fourth-order valence-electron chi connectivity index (χ4n) is 5.90. The van der Waals surface area contributed by atoms with Gasteiger partial charge in [0.1, 0.15) is 10.1 Å². The molecular weight excluding hydrogens is 702 g/mol. The summed E-state index contributed by atoms with van der Waals surface area (Å²) in [4.78, 5) is 3.98. The lowest BCUT2D eigenvalue weighted by Crippen LogP contribution is -3.10. The Morgan fingerprint density at radius 1 is 0.980 bits per heavy atom. The summed E-state index contributed by atoms with van der Waals surface area (Å²) in [6.07, 6.45) is 4.35. The van der Waals surface area contributed by atoms with Gasteiger partial charge in [-0.05, 0) is 61.0 Å². The third kappa shape index (κ3) is 11.2. The summed E-state index contributed by atoms with van der Waals surface area (Å²) in [7, 11) is -4.45. The number of allylic oxidation sites excluding steroid dienone is 2. The van der Waals surface area contributed by atoms with Gasteiger partial charge in [0.25, 0.3) is 6.23 Å². The molecule has 0 spiro atoms. The molecule has 0 amide bonds. The number of fused-ring (bicyclic) bond motifs is 2. The fraction of sp³-hybridized carbons (Fsp3) is 0.389. The number of nitrogens with zero attached hydrogens (tertiary/aromatic N) is 1. The third-order valence-electron chi connectivity index (χ3n) is 8.62. The summed E-state index contributed by atoms with van der Waals surface area (Å²) in [5, 5.41) is 0.555. The first-order valence-corrected chi connectivity index (χ1v) is 19.8. The third-order valence-corrected chi connectivity index (χ3v) is 9.93. The number of nitrogens with one attached hydrogen (secondary N) is 2. The molecule has 3 aromatic rings. The normalized spacial score (nSPS) is 19.7. The second-order valence-corrected chi connectivity index (χ2v) is 14.4. The predicted molar refractivity (Wildman–Crippen MR) is 195 cm³/mol. The summed E-state index contributed by atoms with van der Waals surface area (Å²) in [5.41, 5.74) is 4.46. The monoisotopic (exact) mass is 748 g/mol. The van der Waals surface area contributed by atoms with Crippen LogP contribution in [0, 0.1) is 0 Å². The lowest BCUT2D eigenvalue weighted by Gasteiger charge is -2.19. The van der Waals surface area contributed by atoms with Crippen LogP contribution in [-0.4, -0.2) is 77.9 Å². The molecule has 0 radical (unpaired) electrons. The highest BCUT2D eigenvalue weighted by Crippen LogP contribution is 2.33.